The molecule has 1 aromatic carbocycles. The highest BCUT2D eigenvalue weighted by molar-refractivity contribution is 5.78. The van der Waals surface area contributed by atoms with E-state index >= 15 is 0 Å². The van der Waals surface area contributed by atoms with Crippen LogP contribution in [0.25, 0.3) is 0 Å². The molecule has 1 aliphatic rings. The molecule has 23 heavy (non-hydrogen) atoms. The number of likely N-dealkylation sites (tertiary alicyclic amines) is 1. The zero-order valence-corrected chi connectivity index (χ0v) is 14.2. The predicted octanol–water partition coefficient (Wildman–Crippen LogP) is 1.81. The first-order valence-corrected chi connectivity index (χ1v) is 7.96. The molecule has 0 saturated carbocycles. The molecule has 0 aromatic heterocycles. The minimum absolute atomic E-state index is 0.0312. The van der Waals surface area contributed by atoms with Gasteiger partial charge in [-0.05, 0) is 32.0 Å². The number of nitrogens with one attached hydrogen (secondary N) is 1. The highest BCUT2D eigenvalue weighted by atomic mass is 16.5. The van der Waals surface area contributed by atoms with Gasteiger partial charge in [-0.25, -0.2) is 0 Å². The summed E-state index contributed by atoms with van der Waals surface area (Å²) in [5.41, 5.74) is 0.858. The van der Waals surface area contributed by atoms with Gasteiger partial charge in [0.25, 0.3) is 0 Å². The Labute approximate surface area is 137 Å². The molecule has 0 unspecified atom stereocenters. The van der Waals surface area contributed by atoms with Crippen molar-refractivity contribution in [1.29, 1.82) is 0 Å². The van der Waals surface area contributed by atoms with Crippen LogP contribution in [-0.4, -0.2) is 51.8 Å². The third kappa shape index (κ3) is 4.76. The summed E-state index contributed by atoms with van der Waals surface area (Å²) in [6.45, 7) is 2.87. The zero-order chi connectivity index (χ0) is 16.7. The van der Waals surface area contributed by atoms with Crippen molar-refractivity contribution >= 4 is 5.91 Å². The maximum absolute atomic E-state index is 12.1. The number of nitrogens with zero attached hydrogens (tertiary/aromatic N) is 1. The topological polar surface area (TPSA) is 60.0 Å². The average Bonchev–Trinajstić information content (AvgIpc) is 2.59. The number of ether oxygens (including phenoxy) is 3. The van der Waals surface area contributed by atoms with Crippen molar-refractivity contribution in [2.24, 2.45) is 0 Å². The van der Waals surface area contributed by atoms with Crippen LogP contribution in [0.15, 0.2) is 12.1 Å². The van der Waals surface area contributed by atoms with E-state index in [-0.39, 0.29) is 5.91 Å². The summed E-state index contributed by atoms with van der Waals surface area (Å²) >= 11 is 0. The van der Waals surface area contributed by atoms with Crippen LogP contribution in [0.5, 0.6) is 17.2 Å². The smallest absolute Gasteiger partial charge is 0.234 e. The first kappa shape index (κ1) is 17.4. The van der Waals surface area contributed by atoms with Crippen molar-refractivity contribution in [1.82, 2.24) is 10.2 Å². The molecule has 1 fully saturated rings. The highest BCUT2D eigenvalue weighted by Crippen LogP contribution is 2.34. The zero-order valence-electron chi connectivity index (χ0n) is 14.2. The van der Waals surface area contributed by atoms with Gasteiger partial charge >= 0.3 is 0 Å². The van der Waals surface area contributed by atoms with E-state index in [1.165, 1.54) is 19.3 Å². The molecular weight excluding hydrogens is 296 g/mol. The van der Waals surface area contributed by atoms with Gasteiger partial charge in [-0.15, -0.1) is 0 Å². The Morgan fingerprint density at radius 3 is 2.22 bits per heavy atom. The van der Waals surface area contributed by atoms with Crippen molar-refractivity contribution < 1.29 is 19.0 Å². The summed E-state index contributed by atoms with van der Waals surface area (Å²) in [5.74, 6) is 1.92. The van der Waals surface area contributed by atoms with Gasteiger partial charge in [0, 0.05) is 18.2 Å². The van der Waals surface area contributed by atoms with E-state index in [1.807, 2.05) is 6.07 Å². The average molecular weight is 322 g/mol. The predicted molar refractivity (Wildman–Crippen MR) is 88.2 cm³/mol. The summed E-state index contributed by atoms with van der Waals surface area (Å²) in [5, 5.41) is 2.95. The molecule has 128 valence electrons. The summed E-state index contributed by atoms with van der Waals surface area (Å²) in [4.78, 5) is 14.3. The van der Waals surface area contributed by atoms with Crippen LogP contribution in [-0.2, 0) is 11.3 Å². The molecule has 0 spiro atoms. The molecule has 1 saturated heterocycles. The van der Waals surface area contributed by atoms with Gasteiger partial charge in [-0.2, -0.15) is 0 Å². The lowest BCUT2D eigenvalue weighted by Crippen LogP contribution is -2.39. The largest absolute Gasteiger partial charge is 0.496 e. The van der Waals surface area contributed by atoms with Crippen molar-refractivity contribution in [2.75, 3.05) is 41.0 Å². The third-order valence-corrected chi connectivity index (χ3v) is 4.08. The lowest BCUT2D eigenvalue weighted by atomic mass is 10.1. The van der Waals surface area contributed by atoms with Gasteiger partial charge in [0.2, 0.25) is 5.91 Å². The molecular formula is C17H26N2O4. The molecule has 1 aliphatic heterocycles. The van der Waals surface area contributed by atoms with E-state index in [9.17, 15) is 4.79 Å². The van der Waals surface area contributed by atoms with E-state index in [1.54, 1.807) is 27.4 Å². The van der Waals surface area contributed by atoms with Gasteiger partial charge in [0.15, 0.2) is 11.5 Å². The van der Waals surface area contributed by atoms with Crippen molar-refractivity contribution in [3.63, 3.8) is 0 Å². The number of rotatable bonds is 7. The van der Waals surface area contributed by atoms with E-state index in [2.05, 4.69) is 10.2 Å². The molecule has 0 aliphatic carbocycles. The van der Waals surface area contributed by atoms with Crippen LogP contribution in [0.3, 0.4) is 0 Å². The Balaban J connectivity index is 1.97. The number of carbonyl (C=O) groups is 1. The monoisotopic (exact) mass is 322 g/mol. The third-order valence-electron chi connectivity index (χ3n) is 4.08. The van der Waals surface area contributed by atoms with E-state index < -0.39 is 0 Å². The maximum atomic E-state index is 12.1. The van der Waals surface area contributed by atoms with Gasteiger partial charge in [0.05, 0.1) is 27.9 Å². The molecule has 1 N–H and O–H groups in total. The fourth-order valence-electron chi connectivity index (χ4n) is 2.80. The first-order valence-electron chi connectivity index (χ1n) is 7.96. The minimum Gasteiger partial charge on any atom is -0.496 e. The maximum Gasteiger partial charge on any atom is 0.234 e. The first-order chi connectivity index (χ1) is 11.2. The SMILES string of the molecule is COc1cc(OC)c(OC)cc1CNC(=O)CN1CCCCC1. The quantitative estimate of drug-likeness (QED) is 0.830. The fourth-order valence-corrected chi connectivity index (χ4v) is 2.80. The molecule has 1 amide bonds. The Kier molecular flexibility index (Phi) is 6.52. The van der Waals surface area contributed by atoms with Crippen LogP contribution in [0.1, 0.15) is 24.8 Å². The minimum atomic E-state index is 0.0312. The second-order valence-electron chi connectivity index (χ2n) is 5.63. The van der Waals surface area contributed by atoms with Crippen LogP contribution in [0, 0.1) is 0 Å². The summed E-state index contributed by atoms with van der Waals surface area (Å²) in [6.07, 6.45) is 3.62. The number of carbonyl (C=O) groups excluding carboxylic acids is 1. The lowest BCUT2D eigenvalue weighted by Gasteiger charge is -2.25. The van der Waals surface area contributed by atoms with Crippen molar-refractivity contribution in [2.45, 2.75) is 25.8 Å². The summed E-state index contributed by atoms with van der Waals surface area (Å²) in [6, 6.07) is 3.60. The Morgan fingerprint density at radius 2 is 1.61 bits per heavy atom. The molecule has 6 nitrogen and oxygen atoms in total. The molecule has 2 rings (SSSR count). The number of amides is 1. The van der Waals surface area contributed by atoms with Crippen LogP contribution >= 0.6 is 0 Å². The van der Waals surface area contributed by atoms with Gasteiger partial charge < -0.3 is 19.5 Å². The number of hydrogen-bond donors (Lipinski definition) is 1. The standard InChI is InChI=1S/C17H26N2O4/c1-21-14-10-16(23-3)15(22-2)9-13(14)11-18-17(20)12-19-7-5-4-6-8-19/h9-10H,4-8,11-12H2,1-3H3,(H,18,20). The van der Waals surface area contributed by atoms with Gasteiger partial charge in [0.1, 0.15) is 5.75 Å². The second-order valence-corrected chi connectivity index (χ2v) is 5.63. The fraction of sp³-hybridized carbons (Fsp3) is 0.588. The van der Waals surface area contributed by atoms with Crippen LogP contribution < -0.4 is 19.5 Å². The number of methoxy groups -OCH3 is 3. The molecule has 0 radical (unpaired) electrons. The van der Waals surface area contributed by atoms with E-state index in [4.69, 9.17) is 14.2 Å². The van der Waals surface area contributed by atoms with Crippen LogP contribution in [0.2, 0.25) is 0 Å². The normalized spacial score (nSPS) is 15.1. The highest BCUT2D eigenvalue weighted by Gasteiger charge is 2.15. The molecule has 0 atom stereocenters. The molecule has 1 heterocycles. The van der Waals surface area contributed by atoms with Crippen molar-refractivity contribution in [3.8, 4) is 17.2 Å². The number of benzene rings is 1. The number of hydrogen-bond acceptors (Lipinski definition) is 5. The molecule has 6 heteroatoms. The molecule has 1 aromatic rings. The van der Waals surface area contributed by atoms with Crippen LogP contribution in [0.4, 0.5) is 0 Å². The number of piperidine rings is 1. The van der Waals surface area contributed by atoms with Crippen molar-refractivity contribution in [3.05, 3.63) is 17.7 Å². The summed E-state index contributed by atoms with van der Waals surface area (Å²) < 4.78 is 15.9. The second kappa shape index (κ2) is 8.62. The van der Waals surface area contributed by atoms with Gasteiger partial charge in [-0.3, -0.25) is 9.69 Å². The van der Waals surface area contributed by atoms with E-state index in [0.29, 0.717) is 30.3 Å². The lowest BCUT2D eigenvalue weighted by molar-refractivity contribution is -0.122. The van der Waals surface area contributed by atoms with E-state index in [0.717, 1.165) is 18.7 Å². The molecule has 0 bridgehead atoms. The Bertz CT molecular complexity index is 528. The van der Waals surface area contributed by atoms with Gasteiger partial charge in [-0.1, -0.05) is 6.42 Å². The Morgan fingerprint density at radius 1 is 1.00 bits per heavy atom. The Hall–Kier alpha value is -1.95. The summed E-state index contributed by atoms with van der Waals surface area (Å²) in [7, 11) is 4.76.